The monoisotopic (exact) mass is 617 g/mol. The smallest absolute Gasteiger partial charge is 0.138 e. The molecule has 10 aromatic rings. The van der Waals surface area contributed by atoms with Crippen LogP contribution in [0.3, 0.4) is 0 Å². The van der Waals surface area contributed by atoms with Crippen molar-refractivity contribution in [2.24, 2.45) is 0 Å². The van der Waals surface area contributed by atoms with Crippen molar-refractivity contribution in [1.82, 2.24) is 14.1 Å². The number of aromatic nitrogens is 3. The second-order valence-corrected chi connectivity index (χ2v) is 13.1. The van der Waals surface area contributed by atoms with E-state index in [9.17, 15) is 0 Å². The van der Waals surface area contributed by atoms with E-state index in [1.54, 1.807) is 0 Å². The molecular weight excluding hydrogens is 591 g/mol. The van der Waals surface area contributed by atoms with Crippen molar-refractivity contribution in [2.45, 2.75) is 0 Å². The molecule has 4 aromatic heterocycles. The molecule has 0 fully saturated rings. The first-order valence-electron chi connectivity index (χ1n) is 15.9. The van der Waals surface area contributed by atoms with Gasteiger partial charge in [0.05, 0.1) is 22.2 Å². The highest BCUT2D eigenvalue weighted by Crippen LogP contribution is 2.44. The number of hydrogen-bond donors (Lipinski definition) is 0. The Morgan fingerprint density at radius 1 is 0.489 bits per heavy atom. The molecule has 0 aliphatic carbocycles. The van der Waals surface area contributed by atoms with E-state index in [0.29, 0.717) is 0 Å². The first-order chi connectivity index (χ1) is 23.3. The van der Waals surface area contributed by atoms with E-state index < -0.39 is 0 Å². The van der Waals surface area contributed by atoms with Gasteiger partial charge in [0.2, 0.25) is 0 Å². The van der Waals surface area contributed by atoms with Crippen LogP contribution in [-0.4, -0.2) is 14.1 Å². The van der Waals surface area contributed by atoms with Crippen LogP contribution in [0.2, 0.25) is 0 Å². The Morgan fingerprint density at radius 2 is 1.21 bits per heavy atom. The average molecular weight is 618 g/mol. The minimum atomic E-state index is 0.908. The standard InChI is InChI=1S/C43H27N3S/c1-4-12-28(13-5-1)31-25-36(29-14-6-2-7-15-29)44-41(26-31)46-38-27-37-30(22-23-45(37)32-16-8-3-9-17-32)24-35(38)33-20-21-40-42(43(33)46)34-18-10-11-19-39(34)47-40/h1-27H. The number of para-hydroxylation sites is 1. The molecule has 6 aromatic carbocycles. The molecule has 220 valence electrons. The van der Waals surface area contributed by atoms with Gasteiger partial charge in [0.25, 0.3) is 0 Å². The van der Waals surface area contributed by atoms with Crippen molar-refractivity contribution in [2.75, 3.05) is 0 Å². The van der Waals surface area contributed by atoms with Crippen molar-refractivity contribution in [3.63, 3.8) is 0 Å². The summed E-state index contributed by atoms with van der Waals surface area (Å²) in [6, 6.07) is 56.6. The van der Waals surface area contributed by atoms with Crippen LogP contribution in [-0.2, 0) is 0 Å². The normalized spacial score (nSPS) is 11.8. The minimum absolute atomic E-state index is 0.908. The van der Waals surface area contributed by atoms with Crippen LogP contribution >= 0.6 is 11.3 Å². The summed E-state index contributed by atoms with van der Waals surface area (Å²) in [4.78, 5) is 5.45. The molecule has 0 aliphatic heterocycles. The van der Waals surface area contributed by atoms with E-state index in [1.165, 1.54) is 52.9 Å². The zero-order valence-electron chi connectivity index (χ0n) is 25.3. The van der Waals surface area contributed by atoms with Crippen molar-refractivity contribution < 1.29 is 0 Å². The van der Waals surface area contributed by atoms with Crippen molar-refractivity contribution >= 4 is 64.2 Å². The highest BCUT2D eigenvalue weighted by atomic mass is 32.1. The molecule has 0 unspecified atom stereocenters. The predicted molar refractivity (Wildman–Crippen MR) is 199 cm³/mol. The van der Waals surface area contributed by atoms with Crippen LogP contribution in [0.1, 0.15) is 0 Å². The molecule has 0 N–H and O–H groups in total. The van der Waals surface area contributed by atoms with E-state index in [2.05, 4.69) is 173 Å². The molecule has 0 aliphatic rings. The van der Waals surface area contributed by atoms with Gasteiger partial charge >= 0.3 is 0 Å². The number of fused-ring (bicyclic) bond motifs is 8. The first kappa shape index (κ1) is 26.3. The summed E-state index contributed by atoms with van der Waals surface area (Å²) in [6.45, 7) is 0. The summed E-state index contributed by atoms with van der Waals surface area (Å²) in [5.41, 5.74) is 9.01. The molecule has 0 amide bonds. The van der Waals surface area contributed by atoms with Crippen LogP contribution in [0.5, 0.6) is 0 Å². The maximum absolute atomic E-state index is 5.45. The molecule has 0 radical (unpaired) electrons. The first-order valence-corrected chi connectivity index (χ1v) is 16.7. The summed E-state index contributed by atoms with van der Waals surface area (Å²) in [7, 11) is 0. The fraction of sp³-hybridized carbons (Fsp3) is 0. The van der Waals surface area contributed by atoms with Crippen LogP contribution in [0.4, 0.5) is 0 Å². The summed E-state index contributed by atoms with van der Waals surface area (Å²) < 4.78 is 7.29. The van der Waals surface area contributed by atoms with Gasteiger partial charge in [-0.15, -0.1) is 11.3 Å². The van der Waals surface area contributed by atoms with Crippen molar-refractivity contribution in [1.29, 1.82) is 0 Å². The van der Waals surface area contributed by atoms with Crippen molar-refractivity contribution in [3.8, 4) is 33.9 Å². The Morgan fingerprint density at radius 3 is 2.02 bits per heavy atom. The van der Waals surface area contributed by atoms with Gasteiger partial charge in [-0.1, -0.05) is 103 Å². The summed E-state index contributed by atoms with van der Waals surface area (Å²) in [5.74, 6) is 0.908. The molecule has 0 spiro atoms. The van der Waals surface area contributed by atoms with Gasteiger partial charge in [-0.05, 0) is 65.7 Å². The minimum Gasteiger partial charge on any atom is -0.316 e. The Kier molecular flexibility index (Phi) is 5.74. The third-order valence-corrected chi connectivity index (χ3v) is 10.5. The van der Waals surface area contributed by atoms with E-state index in [-0.39, 0.29) is 0 Å². The largest absolute Gasteiger partial charge is 0.316 e. The van der Waals surface area contributed by atoms with Crippen LogP contribution in [0.15, 0.2) is 164 Å². The van der Waals surface area contributed by atoms with Gasteiger partial charge in [-0.2, -0.15) is 0 Å². The molecule has 0 saturated heterocycles. The second kappa shape index (κ2) is 10.3. The molecule has 4 heteroatoms. The lowest BCUT2D eigenvalue weighted by molar-refractivity contribution is 1.09. The SMILES string of the molecule is c1ccc(-c2cc(-c3ccccc3)nc(-n3c4cc5c(ccn5-c5ccccc5)cc4c4ccc5sc6ccccc6c5c43)c2)cc1. The number of hydrogen-bond acceptors (Lipinski definition) is 2. The topological polar surface area (TPSA) is 22.8 Å². The number of rotatable bonds is 4. The average Bonchev–Trinajstić information content (AvgIpc) is 3.83. The summed E-state index contributed by atoms with van der Waals surface area (Å²) >= 11 is 1.86. The third kappa shape index (κ3) is 4.09. The highest BCUT2D eigenvalue weighted by molar-refractivity contribution is 7.26. The van der Waals surface area contributed by atoms with E-state index in [0.717, 1.165) is 33.8 Å². The highest BCUT2D eigenvalue weighted by Gasteiger charge is 2.21. The summed E-state index contributed by atoms with van der Waals surface area (Å²) in [5, 5.41) is 6.24. The van der Waals surface area contributed by atoms with Crippen molar-refractivity contribution in [3.05, 3.63) is 164 Å². The van der Waals surface area contributed by atoms with E-state index in [1.807, 2.05) is 11.3 Å². The van der Waals surface area contributed by atoms with Gasteiger partial charge in [-0.25, -0.2) is 4.98 Å². The predicted octanol–water partition coefficient (Wildman–Crippen LogP) is 11.8. The number of pyridine rings is 1. The molecule has 4 heterocycles. The third-order valence-electron chi connectivity index (χ3n) is 9.33. The Bertz CT molecular complexity index is 2710. The van der Waals surface area contributed by atoms with Crippen LogP contribution in [0, 0.1) is 0 Å². The van der Waals surface area contributed by atoms with Gasteiger partial charge in [0.15, 0.2) is 0 Å². The van der Waals surface area contributed by atoms with Gasteiger partial charge in [0, 0.05) is 53.8 Å². The maximum atomic E-state index is 5.45. The van der Waals surface area contributed by atoms with Crippen LogP contribution in [0.25, 0.3) is 86.8 Å². The lowest BCUT2D eigenvalue weighted by atomic mass is 10.0. The summed E-state index contributed by atoms with van der Waals surface area (Å²) in [6.07, 6.45) is 2.18. The van der Waals surface area contributed by atoms with E-state index in [4.69, 9.17) is 4.98 Å². The molecular formula is C43H27N3S. The molecule has 0 saturated carbocycles. The Balaban J connectivity index is 1.38. The molecule has 0 atom stereocenters. The van der Waals surface area contributed by atoms with E-state index >= 15 is 0 Å². The van der Waals surface area contributed by atoms with Gasteiger partial charge < -0.3 is 4.57 Å². The fourth-order valence-corrected chi connectivity index (χ4v) is 8.29. The zero-order valence-corrected chi connectivity index (χ0v) is 26.2. The lowest BCUT2D eigenvalue weighted by Gasteiger charge is -2.14. The number of nitrogens with zero attached hydrogens (tertiary/aromatic N) is 3. The second-order valence-electron chi connectivity index (χ2n) is 12.0. The number of benzene rings is 6. The lowest BCUT2D eigenvalue weighted by Crippen LogP contribution is -2.01. The molecule has 0 bridgehead atoms. The fourth-order valence-electron chi connectivity index (χ4n) is 7.18. The quantitative estimate of drug-likeness (QED) is 0.193. The Labute approximate surface area is 275 Å². The van der Waals surface area contributed by atoms with Gasteiger partial charge in [0.1, 0.15) is 5.82 Å². The number of thiophene rings is 1. The Hall–Kier alpha value is -5.97. The molecule has 47 heavy (non-hydrogen) atoms. The molecule has 3 nitrogen and oxygen atoms in total. The van der Waals surface area contributed by atoms with Crippen LogP contribution < -0.4 is 0 Å². The maximum Gasteiger partial charge on any atom is 0.138 e. The zero-order chi connectivity index (χ0) is 30.9. The molecule has 10 rings (SSSR count). The van der Waals surface area contributed by atoms with Gasteiger partial charge in [-0.3, -0.25) is 4.57 Å².